The van der Waals surface area contributed by atoms with Crippen molar-refractivity contribution in [2.75, 3.05) is 51.7 Å². The van der Waals surface area contributed by atoms with Gasteiger partial charge in [-0.15, -0.1) is 24.0 Å². The topological polar surface area (TPSA) is 65.0 Å². The summed E-state index contributed by atoms with van der Waals surface area (Å²) in [5.74, 6) is 1.94. The number of anilines is 1. The second kappa shape index (κ2) is 13.4. The van der Waals surface area contributed by atoms with E-state index < -0.39 is 0 Å². The number of aromatic nitrogens is 1. The van der Waals surface area contributed by atoms with Gasteiger partial charge in [0.15, 0.2) is 5.96 Å². The van der Waals surface area contributed by atoms with E-state index in [0.29, 0.717) is 24.8 Å². The number of hydrogen-bond donors (Lipinski definition) is 2. The number of nitrogens with zero attached hydrogens (tertiary/aromatic N) is 4. The molecule has 1 unspecified atom stereocenters. The molecular weight excluding hydrogens is 522 g/mol. The van der Waals surface area contributed by atoms with Crippen molar-refractivity contribution >= 4 is 35.8 Å². The summed E-state index contributed by atoms with van der Waals surface area (Å²) < 4.78 is 19.3. The van der Waals surface area contributed by atoms with Crippen molar-refractivity contribution in [2.45, 2.75) is 26.0 Å². The zero-order valence-electron chi connectivity index (χ0n) is 19.1. The largest absolute Gasteiger partial charge is 0.489 e. The monoisotopic (exact) mass is 556 g/mol. The Morgan fingerprint density at radius 2 is 1.97 bits per heavy atom. The maximum absolute atomic E-state index is 13.4. The number of hydrogen-bond acceptors (Lipinski definition) is 5. The smallest absolute Gasteiger partial charge is 0.191 e. The third-order valence-electron chi connectivity index (χ3n) is 5.37. The number of guanidine groups is 1. The number of benzene rings is 1. The molecule has 1 aliphatic rings. The van der Waals surface area contributed by atoms with Gasteiger partial charge < -0.3 is 25.2 Å². The number of aliphatic imine (C=N–C) groups is 1. The molecule has 0 bridgehead atoms. The maximum atomic E-state index is 13.4. The molecule has 1 fully saturated rings. The Kier molecular flexibility index (Phi) is 10.9. The summed E-state index contributed by atoms with van der Waals surface area (Å²) in [6.45, 7) is 7.34. The molecule has 0 spiro atoms. The number of likely N-dealkylation sites (N-methyl/N-ethyl adjacent to an activating group) is 1. The predicted octanol–water partition coefficient (Wildman–Crippen LogP) is 3.11. The van der Waals surface area contributed by atoms with E-state index in [-0.39, 0.29) is 35.9 Å². The lowest BCUT2D eigenvalue weighted by molar-refractivity contribution is 0.199. The van der Waals surface area contributed by atoms with Gasteiger partial charge in [0.2, 0.25) is 0 Å². The first-order valence-electron chi connectivity index (χ1n) is 10.8. The van der Waals surface area contributed by atoms with Crippen LogP contribution in [0.1, 0.15) is 18.9 Å². The molecule has 32 heavy (non-hydrogen) atoms. The van der Waals surface area contributed by atoms with Gasteiger partial charge in [-0.2, -0.15) is 0 Å². The number of halogens is 2. The SMILES string of the molecule is CCC(CNC(=NC)NCc1ccnc(N2CCN(C)CC2)c1)Oc1cccc(F)c1.I. The van der Waals surface area contributed by atoms with E-state index >= 15 is 0 Å². The van der Waals surface area contributed by atoms with Crippen LogP contribution in [-0.4, -0.2) is 68.8 Å². The average molecular weight is 556 g/mol. The van der Waals surface area contributed by atoms with Crippen LogP contribution in [0.2, 0.25) is 0 Å². The van der Waals surface area contributed by atoms with Crippen molar-refractivity contribution in [3.05, 3.63) is 54.0 Å². The van der Waals surface area contributed by atoms with Gasteiger partial charge in [-0.05, 0) is 43.3 Å². The molecule has 0 aliphatic carbocycles. The van der Waals surface area contributed by atoms with E-state index in [0.717, 1.165) is 44.0 Å². The summed E-state index contributed by atoms with van der Waals surface area (Å²) in [5, 5.41) is 6.64. The van der Waals surface area contributed by atoms with Crippen LogP contribution in [0, 0.1) is 5.82 Å². The molecule has 1 atom stereocenters. The Bertz CT molecular complexity index is 860. The summed E-state index contributed by atoms with van der Waals surface area (Å²) in [5.41, 5.74) is 1.15. The third-order valence-corrected chi connectivity index (χ3v) is 5.37. The Balaban J connectivity index is 0.00000363. The van der Waals surface area contributed by atoms with Crippen molar-refractivity contribution < 1.29 is 9.13 Å². The fraction of sp³-hybridized carbons (Fsp3) is 0.478. The van der Waals surface area contributed by atoms with Crippen LogP contribution in [0.4, 0.5) is 10.2 Å². The van der Waals surface area contributed by atoms with Crippen molar-refractivity contribution in [3.8, 4) is 5.75 Å². The minimum Gasteiger partial charge on any atom is -0.489 e. The van der Waals surface area contributed by atoms with Crippen LogP contribution >= 0.6 is 24.0 Å². The molecule has 0 radical (unpaired) electrons. The Hall–Kier alpha value is -2.14. The average Bonchev–Trinajstić information content (AvgIpc) is 2.79. The molecule has 1 aromatic carbocycles. The van der Waals surface area contributed by atoms with Gasteiger partial charge in [0, 0.05) is 52.0 Å². The lowest BCUT2D eigenvalue weighted by atomic mass is 10.2. The fourth-order valence-corrected chi connectivity index (χ4v) is 3.40. The summed E-state index contributed by atoms with van der Waals surface area (Å²) in [4.78, 5) is 13.5. The second-order valence-corrected chi connectivity index (χ2v) is 7.72. The molecule has 2 N–H and O–H groups in total. The number of piperazine rings is 1. The minimum atomic E-state index is -0.300. The summed E-state index contributed by atoms with van der Waals surface area (Å²) in [6.07, 6.45) is 2.56. The standard InChI is InChI=1S/C23H33FN6O.HI/c1-4-20(31-21-7-5-6-19(24)15-21)17-28-23(25-2)27-16-18-8-9-26-22(14-18)30-12-10-29(3)11-13-30;/h5-9,14-15,20H,4,10-13,16-17H2,1-3H3,(H2,25,27,28);1H. The quantitative estimate of drug-likeness (QED) is 0.296. The van der Waals surface area contributed by atoms with E-state index in [1.165, 1.54) is 12.1 Å². The number of nitrogens with one attached hydrogen (secondary N) is 2. The number of pyridine rings is 1. The lowest BCUT2D eigenvalue weighted by Gasteiger charge is -2.33. The zero-order chi connectivity index (χ0) is 22.1. The van der Waals surface area contributed by atoms with E-state index in [9.17, 15) is 4.39 Å². The lowest BCUT2D eigenvalue weighted by Crippen LogP contribution is -2.45. The van der Waals surface area contributed by atoms with Gasteiger partial charge in [-0.25, -0.2) is 9.37 Å². The zero-order valence-corrected chi connectivity index (χ0v) is 21.4. The molecule has 9 heteroatoms. The van der Waals surface area contributed by atoms with Crippen molar-refractivity contribution in [1.29, 1.82) is 0 Å². The predicted molar refractivity (Wildman–Crippen MR) is 139 cm³/mol. The van der Waals surface area contributed by atoms with Crippen molar-refractivity contribution in [1.82, 2.24) is 20.5 Å². The molecule has 2 heterocycles. The highest BCUT2D eigenvalue weighted by Crippen LogP contribution is 2.16. The van der Waals surface area contributed by atoms with Gasteiger partial charge in [0.25, 0.3) is 0 Å². The molecular formula is C23H34FIN6O. The summed E-state index contributed by atoms with van der Waals surface area (Å²) >= 11 is 0. The maximum Gasteiger partial charge on any atom is 0.191 e. The number of ether oxygens (including phenoxy) is 1. The van der Waals surface area contributed by atoms with Crippen LogP contribution in [0.3, 0.4) is 0 Å². The molecule has 1 aromatic heterocycles. The highest BCUT2D eigenvalue weighted by molar-refractivity contribution is 14.0. The minimum absolute atomic E-state index is 0. The van der Waals surface area contributed by atoms with E-state index in [1.807, 2.05) is 19.2 Å². The fourth-order valence-electron chi connectivity index (χ4n) is 3.40. The molecule has 0 saturated carbocycles. The summed E-state index contributed by atoms with van der Waals surface area (Å²) in [7, 11) is 3.89. The van der Waals surface area contributed by atoms with Crippen LogP contribution in [0.15, 0.2) is 47.6 Å². The van der Waals surface area contributed by atoms with Gasteiger partial charge in [0.05, 0.1) is 6.54 Å². The first-order chi connectivity index (χ1) is 15.1. The molecule has 1 aliphatic heterocycles. The van der Waals surface area contributed by atoms with Crippen LogP contribution < -0.4 is 20.3 Å². The van der Waals surface area contributed by atoms with Crippen molar-refractivity contribution in [3.63, 3.8) is 0 Å². The third kappa shape index (κ3) is 8.09. The molecule has 2 aromatic rings. The normalized spacial score (nSPS) is 15.6. The number of rotatable bonds is 8. The van der Waals surface area contributed by atoms with Crippen LogP contribution in [0.5, 0.6) is 5.75 Å². The molecule has 1 saturated heterocycles. The Labute approximate surface area is 207 Å². The van der Waals surface area contributed by atoms with E-state index in [2.05, 4.69) is 43.5 Å². The molecule has 7 nitrogen and oxygen atoms in total. The first-order valence-corrected chi connectivity index (χ1v) is 10.8. The van der Waals surface area contributed by atoms with E-state index in [1.54, 1.807) is 19.2 Å². The van der Waals surface area contributed by atoms with Gasteiger partial charge in [0.1, 0.15) is 23.5 Å². The molecule has 176 valence electrons. The molecule has 0 amide bonds. The van der Waals surface area contributed by atoms with Gasteiger partial charge in [-0.1, -0.05) is 13.0 Å². The Morgan fingerprint density at radius 3 is 2.66 bits per heavy atom. The van der Waals surface area contributed by atoms with Gasteiger partial charge >= 0.3 is 0 Å². The molecule has 3 rings (SSSR count). The highest BCUT2D eigenvalue weighted by Gasteiger charge is 2.15. The summed E-state index contributed by atoms with van der Waals surface area (Å²) in [6, 6.07) is 10.4. The van der Waals surface area contributed by atoms with E-state index in [4.69, 9.17) is 4.74 Å². The van der Waals surface area contributed by atoms with Crippen molar-refractivity contribution in [2.24, 2.45) is 4.99 Å². The second-order valence-electron chi connectivity index (χ2n) is 7.72. The van der Waals surface area contributed by atoms with Crippen LogP contribution in [0.25, 0.3) is 0 Å². The first kappa shape index (κ1) is 26.1. The van der Waals surface area contributed by atoms with Crippen LogP contribution in [-0.2, 0) is 6.54 Å². The van der Waals surface area contributed by atoms with Gasteiger partial charge in [-0.3, -0.25) is 4.99 Å². The highest BCUT2D eigenvalue weighted by atomic mass is 127. The Morgan fingerprint density at radius 1 is 1.19 bits per heavy atom.